The van der Waals surface area contributed by atoms with E-state index in [4.69, 9.17) is 9.84 Å². The predicted molar refractivity (Wildman–Crippen MR) is 60.2 cm³/mol. The van der Waals surface area contributed by atoms with Gasteiger partial charge in [-0.1, -0.05) is 13.0 Å². The molecule has 0 heterocycles. The molecular formula is C11H19NO4. The zero-order valence-electron chi connectivity index (χ0n) is 10.1. The number of carboxylic acids is 1. The van der Waals surface area contributed by atoms with Crippen LogP contribution in [0.2, 0.25) is 0 Å². The fourth-order valence-electron chi connectivity index (χ4n) is 0.989. The molecule has 0 saturated heterocycles. The summed E-state index contributed by atoms with van der Waals surface area (Å²) in [6, 6.07) is -1.02. The van der Waals surface area contributed by atoms with Gasteiger partial charge in [-0.2, -0.15) is 0 Å². The Morgan fingerprint density at radius 2 is 1.94 bits per heavy atom. The third kappa shape index (κ3) is 5.38. The average Bonchev–Trinajstić information content (AvgIpc) is 2.09. The second-order valence-electron chi connectivity index (χ2n) is 4.56. The molecule has 5 nitrogen and oxygen atoms in total. The first kappa shape index (κ1) is 14.5. The van der Waals surface area contributed by atoms with Crippen LogP contribution in [-0.2, 0) is 9.53 Å². The minimum atomic E-state index is -1.11. The Morgan fingerprint density at radius 1 is 1.44 bits per heavy atom. The van der Waals surface area contributed by atoms with E-state index in [-0.39, 0.29) is 5.92 Å². The van der Waals surface area contributed by atoms with Crippen LogP contribution in [0.3, 0.4) is 0 Å². The van der Waals surface area contributed by atoms with E-state index < -0.39 is 23.7 Å². The number of hydrogen-bond acceptors (Lipinski definition) is 3. The summed E-state index contributed by atoms with van der Waals surface area (Å²) in [5.41, 5.74) is -0.648. The number of carbonyl (C=O) groups is 2. The average molecular weight is 229 g/mol. The first-order valence-corrected chi connectivity index (χ1v) is 5.02. The summed E-state index contributed by atoms with van der Waals surface area (Å²) < 4.78 is 4.97. The third-order valence-electron chi connectivity index (χ3n) is 1.84. The van der Waals surface area contributed by atoms with Gasteiger partial charge in [0.25, 0.3) is 0 Å². The standard InChI is InChI=1S/C11H19NO4/c1-6-7(2)8(9(13)14)12-10(15)16-11(3,4)5/h6-8H,1H2,2-5H3,(H,12,15)(H,13,14). The van der Waals surface area contributed by atoms with Crippen LogP contribution >= 0.6 is 0 Å². The highest BCUT2D eigenvalue weighted by atomic mass is 16.6. The Labute approximate surface area is 95.5 Å². The quantitative estimate of drug-likeness (QED) is 0.720. The van der Waals surface area contributed by atoms with Crippen LogP contribution in [0.4, 0.5) is 4.79 Å². The van der Waals surface area contributed by atoms with Gasteiger partial charge in [0.05, 0.1) is 0 Å². The Morgan fingerprint density at radius 3 is 2.25 bits per heavy atom. The van der Waals surface area contributed by atoms with Gasteiger partial charge in [0.1, 0.15) is 11.6 Å². The number of aliphatic carboxylic acids is 1. The van der Waals surface area contributed by atoms with E-state index in [9.17, 15) is 9.59 Å². The number of carboxylic acid groups (broad SMARTS) is 1. The normalized spacial score (nSPS) is 14.8. The summed E-state index contributed by atoms with van der Waals surface area (Å²) in [5.74, 6) is -1.48. The van der Waals surface area contributed by atoms with Crippen LogP contribution in [0, 0.1) is 5.92 Å². The molecule has 0 aromatic carbocycles. The second-order valence-corrected chi connectivity index (χ2v) is 4.56. The van der Waals surface area contributed by atoms with Gasteiger partial charge >= 0.3 is 12.1 Å². The van der Waals surface area contributed by atoms with E-state index in [1.54, 1.807) is 27.7 Å². The summed E-state index contributed by atoms with van der Waals surface area (Å²) in [4.78, 5) is 22.2. The monoisotopic (exact) mass is 229 g/mol. The molecule has 0 aliphatic rings. The molecule has 0 aliphatic heterocycles. The highest BCUT2D eigenvalue weighted by Crippen LogP contribution is 2.09. The van der Waals surface area contributed by atoms with Gasteiger partial charge in [0.2, 0.25) is 0 Å². The largest absolute Gasteiger partial charge is 0.480 e. The van der Waals surface area contributed by atoms with Gasteiger partial charge in [0, 0.05) is 5.92 Å². The van der Waals surface area contributed by atoms with Crippen molar-refractivity contribution in [2.75, 3.05) is 0 Å². The summed E-state index contributed by atoms with van der Waals surface area (Å²) in [5, 5.41) is 11.2. The zero-order valence-corrected chi connectivity index (χ0v) is 10.1. The Kier molecular flexibility index (Phi) is 5.01. The molecule has 0 fully saturated rings. The lowest BCUT2D eigenvalue weighted by atomic mass is 10.0. The topological polar surface area (TPSA) is 75.6 Å². The number of amides is 1. The molecule has 2 unspecified atom stereocenters. The Bertz CT molecular complexity index is 280. The molecule has 5 heteroatoms. The summed E-state index contributed by atoms with van der Waals surface area (Å²) in [7, 11) is 0. The van der Waals surface area contributed by atoms with Crippen molar-refractivity contribution in [1.82, 2.24) is 5.32 Å². The lowest BCUT2D eigenvalue weighted by Crippen LogP contribution is -2.46. The second kappa shape index (κ2) is 5.53. The van der Waals surface area contributed by atoms with Crippen molar-refractivity contribution in [2.45, 2.75) is 39.3 Å². The molecular weight excluding hydrogens is 210 g/mol. The lowest BCUT2D eigenvalue weighted by molar-refractivity contribution is -0.140. The summed E-state index contributed by atoms with van der Waals surface area (Å²) in [6.07, 6.45) is 0.726. The molecule has 16 heavy (non-hydrogen) atoms. The molecule has 0 saturated carbocycles. The summed E-state index contributed by atoms with van der Waals surface area (Å²) in [6.45, 7) is 10.3. The number of nitrogens with one attached hydrogen (secondary N) is 1. The van der Waals surface area contributed by atoms with Crippen molar-refractivity contribution in [3.05, 3.63) is 12.7 Å². The van der Waals surface area contributed by atoms with E-state index >= 15 is 0 Å². The van der Waals surface area contributed by atoms with E-state index in [1.165, 1.54) is 6.08 Å². The van der Waals surface area contributed by atoms with Crippen LogP contribution in [0.25, 0.3) is 0 Å². The van der Waals surface area contributed by atoms with Crippen molar-refractivity contribution < 1.29 is 19.4 Å². The molecule has 0 radical (unpaired) electrons. The summed E-state index contributed by atoms with van der Waals surface area (Å²) >= 11 is 0. The maximum atomic E-state index is 11.4. The maximum absolute atomic E-state index is 11.4. The number of alkyl carbamates (subject to hydrolysis) is 1. The molecule has 0 aliphatic carbocycles. The molecule has 0 rings (SSSR count). The fraction of sp³-hybridized carbons (Fsp3) is 0.636. The van der Waals surface area contributed by atoms with Crippen molar-refractivity contribution in [1.29, 1.82) is 0 Å². The van der Waals surface area contributed by atoms with Crippen LogP contribution in [0.1, 0.15) is 27.7 Å². The molecule has 0 bridgehead atoms. The molecule has 0 spiro atoms. The van der Waals surface area contributed by atoms with Crippen LogP contribution < -0.4 is 5.32 Å². The molecule has 2 atom stereocenters. The number of hydrogen-bond donors (Lipinski definition) is 2. The van der Waals surface area contributed by atoms with Crippen molar-refractivity contribution >= 4 is 12.1 Å². The predicted octanol–water partition coefficient (Wildman–Crippen LogP) is 1.79. The molecule has 0 aromatic rings. The van der Waals surface area contributed by atoms with Crippen LogP contribution in [-0.4, -0.2) is 28.8 Å². The molecule has 1 amide bonds. The van der Waals surface area contributed by atoms with Gasteiger partial charge in [-0.05, 0) is 20.8 Å². The Balaban J connectivity index is 4.47. The van der Waals surface area contributed by atoms with Crippen molar-refractivity contribution in [3.8, 4) is 0 Å². The molecule has 92 valence electrons. The minimum Gasteiger partial charge on any atom is -0.480 e. The van der Waals surface area contributed by atoms with Crippen LogP contribution in [0.15, 0.2) is 12.7 Å². The van der Waals surface area contributed by atoms with Crippen molar-refractivity contribution in [3.63, 3.8) is 0 Å². The van der Waals surface area contributed by atoms with E-state index in [2.05, 4.69) is 11.9 Å². The van der Waals surface area contributed by atoms with Gasteiger partial charge in [-0.15, -0.1) is 6.58 Å². The fourth-order valence-corrected chi connectivity index (χ4v) is 0.989. The lowest BCUT2D eigenvalue weighted by Gasteiger charge is -2.23. The smallest absolute Gasteiger partial charge is 0.408 e. The van der Waals surface area contributed by atoms with Gasteiger partial charge in [-0.25, -0.2) is 9.59 Å². The Hall–Kier alpha value is -1.52. The SMILES string of the molecule is C=CC(C)C(NC(=O)OC(C)(C)C)C(=O)O. The molecule has 2 N–H and O–H groups in total. The highest BCUT2D eigenvalue weighted by Gasteiger charge is 2.27. The van der Waals surface area contributed by atoms with Gasteiger partial charge < -0.3 is 15.2 Å². The maximum Gasteiger partial charge on any atom is 0.408 e. The van der Waals surface area contributed by atoms with E-state index in [1.807, 2.05) is 0 Å². The number of rotatable bonds is 4. The highest BCUT2D eigenvalue weighted by molar-refractivity contribution is 5.80. The molecule has 0 aromatic heterocycles. The van der Waals surface area contributed by atoms with Crippen molar-refractivity contribution in [2.24, 2.45) is 5.92 Å². The third-order valence-corrected chi connectivity index (χ3v) is 1.84. The van der Waals surface area contributed by atoms with Gasteiger partial charge in [0.15, 0.2) is 0 Å². The van der Waals surface area contributed by atoms with Gasteiger partial charge in [-0.3, -0.25) is 0 Å². The van der Waals surface area contributed by atoms with E-state index in [0.29, 0.717) is 0 Å². The first-order valence-electron chi connectivity index (χ1n) is 5.02. The van der Waals surface area contributed by atoms with E-state index in [0.717, 1.165) is 0 Å². The number of carbonyl (C=O) groups excluding carboxylic acids is 1. The van der Waals surface area contributed by atoms with Crippen LogP contribution in [0.5, 0.6) is 0 Å². The minimum absolute atomic E-state index is 0.370. The zero-order chi connectivity index (χ0) is 12.9. The number of ether oxygens (including phenoxy) is 1. The first-order chi connectivity index (χ1) is 7.17.